The lowest BCUT2D eigenvalue weighted by Gasteiger charge is -2.10. The normalized spacial score (nSPS) is 11.3. The van der Waals surface area contributed by atoms with Crippen LogP contribution in [0.3, 0.4) is 0 Å². The SMILES string of the molecule is O=c1[nH]c(=O)c2sc3nc(-c4ccccc4)c(-c4ccccc4)cc3c2[nH]1. The summed E-state index contributed by atoms with van der Waals surface area (Å²) in [4.78, 5) is 34.6. The Kier molecular flexibility index (Phi) is 3.51. The molecule has 0 fully saturated rings. The van der Waals surface area contributed by atoms with E-state index < -0.39 is 5.69 Å². The van der Waals surface area contributed by atoms with E-state index in [0.717, 1.165) is 32.6 Å². The summed E-state index contributed by atoms with van der Waals surface area (Å²) in [7, 11) is 0. The second kappa shape index (κ2) is 6.03. The molecule has 5 aromatic rings. The number of benzene rings is 2. The quantitative estimate of drug-likeness (QED) is 0.489. The van der Waals surface area contributed by atoms with E-state index in [9.17, 15) is 9.59 Å². The van der Waals surface area contributed by atoms with Gasteiger partial charge < -0.3 is 4.98 Å². The summed E-state index contributed by atoms with van der Waals surface area (Å²) in [5.41, 5.74) is 3.46. The predicted molar refractivity (Wildman–Crippen MR) is 109 cm³/mol. The topological polar surface area (TPSA) is 78.6 Å². The van der Waals surface area contributed by atoms with Gasteiger partial charge in [0.15, 0.2) is 0 Å². The molecule has 0 radical (unpaired) electrons. The van der Waals surface area contributed by atoms with Crippen molar-refractivity contribution in [3.63, 3.8) is 0 Å². The van der Waals surface area contributed by atoms with Crippen LogP contribution in [0.25, 0.3) is 42.8 Å². The van der Waals surface area contributed by atoms with Crippen LogP contribution in [0.4, 0.5) is 0 Å². The van der Waals surface area contributed by atoms with Gasteiger partial charge in [-0.3, -0.25) is 9.78 Å². The highest BCUT2D eigenvalue weighted by atomic mass is 32.1. The van der Waals surface area contributed by atoms with Crippen molar-refractivity contribution < 1.29 is 0 Å². The zero-order valence-electron chi connectivity index (χ0n) is 14.0. The van der Waals surface area contributed by atoms with Gasteiger partial charge in [-0.2, -0.15) is 0 Å². The molecule has 27 heavy (non-hydrogen) atoms. The fourth-order valence-electron chi connectivity index (χ4n) is 3.27. The van der Waals surface area contributed by atoms with E-state index >= 15 is 0 Å². The molecule has 0 bridgehead atoms. The first-order valence-corrected chi connectivity index (χ1v) is 9.23. The zero-order valence-corrected chi connectivity index (χ0v) is 14.8. The van der Waals surface area contributed by atoms with Crippen molar-refractivity contribution in [3.05, 3.63) is 87.6 Å². The van der Waals surface area contributed by atoms with Crippen LogP contribution in [0.2, 0.25) is 0 Å². The Balaban J connectivity index is 1.93. The Morgan fingerprint density at radius 3 is 2.19 bits per heavy atom. The molecule has 0 saturated heterocycles. The highest BCUT2D eigenvalue weighted by Crippen LogP contribution is 2.37. The van der Waals surface area contributed by atoms with Gasteiger partial charge in [0, 0.05) is 16.5 Å². The maximum absolute atomic E-state index is 12.2. The van der Waals surface area contributed by atoms with Gasteiger partial charge in [0.2, 0.25) is 0 Å². The summed E-state index contributed by atoms with van der Waals surface area (Å²) in [6.07, 6.45) is 0. The minimum absolute atomic E-state index is 0.390. The summed E-state index contributed by atoms with van der Waals surface area (Å²) in [6, 6.07) is 21.9. The molecule has 2 aromatic carbocycles. The number of rotatable bonds is 2. The molecule has 5 nitrogen and oxygen atoms in total. The molecule has 5 rings (SSSR count). The zero-order chi connectivity index (χ0) is 18.4. The van der Waals surface area contributed by atoms with Gasteiger partial charge in [-0.05, 0) is 11.6 Å². The number of nitrogens with one attached hydrogen (secondary N) is 2. The van der Waals surface area contributed by atoms with Crippen LogP contribution in [0.1, 0.15) is 0 Å². The first-order valence-electron chi connectivity index (χ1n) is 8.41. The van der Waals surface area contributed by atoms with E-state index in [0.29, 0.717) is 10.2 Å². The third-order valence-electron chi connectivity index (χ3n) is 4.49. The molecule has 0 amide bonds. The fraction of sp³-hybridized carbons (Fsp3) is 0. The van der Waals surface area contributed by atoms with E-state index in [1.165, 1.54) is 11.3 Å². The molecule has 0 atom stereocenters. The number of hydrogen-bond donors (Lipinski definition) is 2. The van der Waals surface area contributed by atoms with Gasteiger partial charge >= 0.3 is 5.69 Å². The summed E-state index contributed by atoms with van der Waals surface area (Å²) >= 11 is 1.28. The number of thiophene rings is 1. The van der Waals surface area contributed by atoms with E-state index in [1.807, 2.05) is 66.7 Å². The van der Waals surface area contributed by atoms with Crippen molar-refractivity contribution in [1.82, 2.24) is 15.0 Å². The van der Waals surface area contributed by atoms with E-state index in [1.54, 1.807) is 0 Å². The largest absolute Gasteiger partial charge is 0.326 e. The predicted octanol–water partition coefficient (Wildman–Crippen LogP) is 4.16. The fourth-order valence-corrected chi connectivity index (χ4v) is 4.27. The van der Waals surface area contributed by atoms with Crippen LogP contribution in [0.15, 0.2) is 76.3 Å². The van der Waals surface area contributed by atoms with Gasteiger partial charge in [0.1, 0.15) is 9.53 Å². The van der Waals surface area contributed by atoms with E-state index in [2.05, 4.69) is 9.97 Å². The highest BCUT2D eigenvalue weighted by molar-refractivity contribution is 7.25. The van der Waals surface area contributed by atoms with Gasteiger partial charge in [-0.25, -0.2) is 9.78 Å². The molecule has 0 aliphatic carbocycles. The Hall–Kier alpha value is -3.51. The lowest BCUT2D eigenvalue weighted by Crippen LogP contribution is -2.20. The Morgan fingerprint density at radius 2 is 1.48 bits per heavy atom. The van der Waals surface area contributed by atoms with Gasteiger partial charge in [0.25, 0.3) is 5.56 Å². The summed E-state index contributed by atoms with van der Waals surface area (Å²) < 4.78 is 0.473. The number of fused-ring (bicyclic) bond motifs is 3. The second-order valence-corrected chi connectivity index (χ2v) is 7.18. The van der Waals surface area contributed by atoms with Crippen molar-refractivity contribution in [3.8, 4) is 22.4 Å². The summed E-state index contributed by atoms with van der Waals surface area (Å²) in [6.45, 7) is 0. The average molecular weight is 371 g/mol. The molecule has 0 spiro atoms. The van der Waals surface area contributed by atoms with Crippen LogP contribution < -0.4 is 11.2 Å². The molecule has 3 aromatic heterocycles. The minimum Gasteiger partial charge on any atom is -0.305 e. The van der Waals surface area contributed by atoms with Gasteiger partial charge in [-0.15, -0.1) is 11.3 Å². The number of aromatic nitrogens is 3. The Labute approximate surface area is 157 Å². The van der Waals surface area contributed by atoms with Crippen LogP contribution in [0.5, 0.6) is 0 Å². The van der Waals surface area contributed by atoms with Crippen molar-refractivity contribution in [1.29, 1.82) is 0 Å². The number of H-pyrrole nitrogens is 2. The van der Waals surface area contributed by atoms with Gasteiger partial charge in [0.05, 0.1) is 11.2 Å². The van der Waals surface area contributed by atoms with Crippen molar-refractivity contribution in [2.75, 3.05) is 0 Å². The van der Waals surface area contributed by atoms with Crippen molar-refractivity contribution in [2.45, 2.75) is 0 Å². The first-order chi connectivity index (χ1) is 13.2. The molecule has 6 heteroatoms. The summed E-state index contributed by atoms with van der Waals surface area (Å²) in [5.74, 6) is 0. The molecule has 0 unspecified atom stereocenters. The maximum atomic E-state index is 12.2. The minimum atomic E-state index is -0.513. The van der Waals surface area contributed by atoms with Crippen LogP contribution in [-0.2, 0) is 0 Å². The third-order valence-corrected chi connectivity index (χ3v) is 5.58. The van der Waals surface area contributed by atoms with Crippen molar-refractivity contribution in [2.24, 2.45) is 0 Å². The molecule has 3 heterocycles. The summed E-state index contributed by atoms with van der Waals surface area (Å²) in [5, 5.41) is 0.775. The molecular weight excluding hydrogens is 358 g/mol. The molecule has 0 aliphatic heterocycles. The lowest BCUT2D eigenvalue weighted by molar-refractivity contribution is 1.09. The molecule has 0 saturated carbocycles. The first kappa shape index (κ1) is 15.7. The number of aromatic amines is 2. The number of nitrogens with zero attached hydrogens (tertiary/aromatic N) is 1. The van der Waals surface area contributed by atoms with Crippen LogP contribution >= 0.6 is 11.3 Å². The Morgan fingerprint density at radius 1 is 0.815 bits per heavy atom. The third kappa shape index (κ3) is 2.58. The number of pyridine rings is 1. The van der Waals surface area contributed by atoms with Crippen LogP contribution in [0, 0.1) is 0 Å². The molecular formula is C21H13N3O2S. The Bertz CT molecular complexity index is 1400. The standard InChI is InChI=1S/C21H13N3O2S/c25-19-18-17(23-21(26)24-19)15-11-14(12-7-3-1-4-8-12)16(22-20(15)27-18)13-9-5-2-6-10-13/h1-11H,(H2,23,24,25,26). The maximum Gasteiger partial charge on any atom is 0.326 e. The molecule has 2 N–H and O–H groups in total. The lowest BCUT2D eigenvalue weighted by atomic mass is 9.98. The molecule has 0 aliphatic rings. The van der Waals surface area contributed by atoms with Crippen molar-refractivity contribution >= 4 is 31.8 Å². The van der Waals surface area contributed by atoms with E-state index in [-0.39, 0.29) is 5.56 Å². The smallest absolute Gasteiger partial charge is 0.305 e. The average Bonchev–Trinajstić information content (AvgIpc) is 3.06. The van der Waals surface area contributed by atoms with Gasteiger partial charge in [-0.1, -0.05) is 60.7 Å². The van der Waals surface area contributed by atoms with E-state index in [4.69, 9.17) is 4.98 Å². The highest BCUT2D eigenvalue weighted by Gasteiger charge is 2.16. The van der Waals surface area contributed by atoms with Crippen LogP contribution in [-0.4, -0.2) is 15.0 Å². The number of hydrogen-bond acceptors (Lipinski definition) is 4. The molecule has 130 valence electrons. The monoisotopic (exact) mass is 371 g/mol. The second-order valence-electron chi connectivity index (χ2n) is 6.18.